The SMILES string of the molecule is O=C(Oc1ccc2c(c1)O/C(=C\C=C\c1ccccc1)C2=O)c1cccc(Cl)c1. The number of halogens is 1. The van der Waals surface area contributed by atoms with Crippen LogP contribution in [-0.2, 0) is 0 Å². The van der Waals surface area contributed by atoms with Gasteiger partial charge in [-0.1, -0.05) is 60.2 Å². The van der Waals surface area contributed by atoms with Crippen molar-refractivity contribution in [1.82, 2.24) is 0 Å². The molecule has 4 rings (SSSR count). The summed E-state index contributed by atoms with van der Waals surface area (Å²) >= 11 is 5.90. The van der Waals surface area contributed by atoms with Gasteiger partial charge in [-0.3, -0.25) is 4.79 Å². The van der Waals surface area contributed by atoms with Crippen LogP contribution in [0.3, 0.4) is 0 Å². The normalized spacial score (nSPS) is 14.1. The first kappa shape index (κ1) is 18.7. The van der Waals surface area contributed by atoms with Crippen molar-refractivity contribution >= 4 is 29.4 Å². The third-order valence-corrected chi connectivity index (χ3v) is 4.48. The molecule has 0 fully saturated rings. The van der Waals surface area contributed by atoms with E-state index in [0.29, 0.717) is 21.9 Å². The number of fused-ring (bicyclic) bond motifs is 1. The smallest absolute Gasteiger partial charge is 0.343 e. The van der Waals surface area contributed by atoms with Crippen LogP contribution >= 0.6 is 11.6 Å². The van der Waals surface area contributed by atoms with Crippen LogP contribution in [0.15, 0.2) is 90.7 Å². The molecule has 1 aliphatic heterocycles. The number of carbonyl (C=O) groups is 2. The van der Waals surface area contributed by atoms with Gasteiger partial charge in [0.25, 0.3) is 0 Å². The van der Waals surface area contributed by atoms with Gasteiger partial charge in [0.05, 0.1) is 11.1 Å². The molecule has 0 saturated carbocycles. The lowest BCUT2D eigenvalue weighted by molar-refractivity contribution is 0.0734. The van der Waals surface area contributed by atoms with Gasteiger partial charge in [0.1, 0.15) is 11.5 Å². The van der Waals surface area contributed by atoms with Gasteiger partial charge in [0.15, 0.2) is 5.76 Å². The highest BCUT2D eigenvalue weighted by Gasteiger charge is 2.27. The second-order valence-electron chi connectivity index (χ2n) is 6.29. The molecule has 0 amide bonds. The summed E-state index contributed by atoms with van der Waals surface area (Å²) in [4.78, 5) is 24.7. The van der Waals surface area contributed by atoms with Crippen LogP contribution in [0.1, 0.15) is 26.3 Å². The van der Waals surface area contributed by atoms with E-state index in [1.165, 1.54) is 12.1 Å². The van der Waals surface area contributed by atoms with Crippen molar-refractivity contribution < 1.29 is 19.1 Å². The quantitative estimate of drug-likeness (QED) is 0.317. The number of hydrogen-bond acceptors (Lipinski definition) is 4. The maximum atomic E-state index is 12.5. The Bertz CT molecular complexity index is 1150. The molecule has 0 radical (unpaired) electrons. The average molecular weight is 403 g/mol. The number of benzene rings is 3. The molecule has 5 heteroatoms. The molecule has 0 atom stereocenters. The summed E-state index contributed by atoms with van der Waals surface area (Å²) < 4.78 is 11.0. The lowest BCUT2D eigenvalue weighted by Gasteiger charge is -2.06. The molecule has 3 aromatic rings. The average Bonchev–Trinajstić information content (AvgIpc) is 3.04. The van der Waals surface area contributed by atoms with Crippen LogP contribution in [0, 0.1) is 0 Å². The summed E-state index contributed by atoms with van der Waals surface area (Å²) in [5.74, 6) is 0.0858. The highest BCUT2D eigenvalue weighted by Crippen LogP contribution is 2.34. The standard InChI is InChI=1S/C24H15ClO4/c25-18-10-5-9-17(14-18)24(27)28-19-12-13-20-22(15-19)29-21(23(20)26)11-4-8-16-6-2-1-3-7-16/h1-15H/b8-4+,21-11-. The minimum Gasteiger partial charge on any atom is -0.452 e. The number of Topliss-reactive ketones (excluding diaryl/α,β-unsaturated/α-hetero) is 1. The van der Waals surface area contributed by atoms with Crippen LogP contribution in [0.2, 0.25) is 5.02 Å². The molecule has 29 heavy (non-hydrogen) atoms. The Morgan fingerprint density at radius 2 is 1.79 bits per heavy atom. The van der Waals surface area contributed by atoms with Crippen LogP contribution in [0.5, 0.6) is 11.5 Å². The molecule has 0 unspecified atom stereocenters. The third kappa shape index (κ3) is 4.28. The minimum absolute atomic E-state index is 0.213. The molecule has 0 aliphatic carbocycles. The second-order valence-corrected chi connectivity index (χ2v) is 6.73. The van der Waals surface area contributed by atoms with Gasteiger partial charge < -0.3 is 9.47 Å². The molecule has 1 heterocycles. The van der Waals surface area contributed by atoms with Crippen LogP contribution in [0.25, 0.3) is 6.08 Å². The van der Waals surface area contributed by atoms with Crippen molar-refractivity contribution in [2.45, 2.75) is 0 Å². The summed E-state index contributed by atoms with van der Waals surface area (Å²) in [6.07, 6.45) is 5.26. The van der Waals surface area contributed by atoms with E-state index < -0.39 is 5.97 Å². The molecular weight excluding hydrogens is 388 g/mol. The zero-order chi connectivity index (χ0) is 20.2. The lowest BCUT2D eigenvalue weighted by Crippen LogP contribution is -2.08. The number of carbonyl (C=O) groups excluding carboxylic acids is 2. The topological polar surface area (TPSA) is 52.6 Å². The molecule has 0 saturated heterocycles. The van der Waals surface area contributed by atoms with Crippen LogP contribution in [0.4, 0.5) is 0 Å². The van der Waals surface area contributed by atoms with E-state index in [1.807, 2.05) is 36.4 Å². The molecule has 142 valence electrons. The van der Waals surface area contributed by atoms with Crippen LogP contribution in [-0.4, -0.2) is 11.8 Å². The number of rotatable bonds is 4. The Morgan fingerprint density at radius 3 is 2.59 bits per heavy atom. The van der Waals surface area contributed by atoms with Crippen molar-refractivity contribution in [3.63, 3.8) is 0 Å². The van der Waals surface area contributed by atoms with Gasteiger partial charge in [0, 0.05) is 11.1 Å². The van der Waals surface area contributed by atoms with Crippen molar-refractivity contribution in [3.8, 4) is 11.5 Å². The molecule has 1 aliphatic rings. The monoisotopic (exact) mass is 402 g/mol. The summed E-state index contributed by atoms with van der Waals surface area (Å²) in [5, 5.41) is 0.445. The van der Waals surface area contributed by atoms with Gasteiger partial charge in [-0.25, -0.2) is 4.79 Å². The van der Waals surface area contributed by atoms with E-state index in [9.17, 15) is 9.59 Å². The predicted octanol–water partition coefficient (Wildman–Crippen LogP) is 5.73. The molecule has 4 nitrogen and oxygen atoms in total. The Hall–Kier alpha value is -3.63. The maximum absolute atomic E-state index is 12.5. The fourth-order valence-electron chi connectivity index (χ4n) is 2.84. The predicted molar refractivity (Wildman–Crippen MR) is 111 cm³/mol. The zero-order valence-electron chi connectivity index (χ0n) is 15.2. The summed E-state index contributed by atoms with van der Waals surface area (Å²) in [7, 11) is 0. The molecule has 0 bridgehead atoms. The fourth-order valence-corrected chi connectivity index (χ4v) is 3.03. The Labute approximate surface area is 172 Å². The number of hydrogen-bond donors (Lipinski definition) is 0. The number of esters is 1. The highest BCUT2D eigenvalue weighted by molar-refractivity contribution is 6.30. The first-order valence-corrected chi connectivity index (χ1v) is 9.26. The van der Waals surface area contributed by atoms with E-state index in [2.05, 4.69) is 0 Å². The van der Waals surface area contributed by atoms with E-state index in [4.69, 9.17) is 21.1 Å². The minimum atomic E-state index is -0.543. The summed E-state index contributed by atoms with van der Waals surface area (Å²) in [6, 6.07) is 20.9. The van der Waals surface area contributed by atoms with Gasteiger partial charge in [-0.2, -0.15) is 0 Å². The first-order valence-electron chi connectivity index (χ1n) is 8.88. The highest BCUT2D eigenvalue weighted by atomic mass is 35.5. The van der Waals surface area contributed by atoms with Gasteiger partial charge >= 0.3 is 5.97 Å². The van der Waals surface area contributed by atoms with Gasteiger partial charge in [-0.15, -0.1) is 0 Å². The summed E-state index contributed by atoms with van der Waals surface area (Å²) in [5.41, 5.74) is 1.77. The van der Waals surface area contributed by atoms with Crippen molar-refractivity contribution in [2.24, 2.45) is 0 Å². The van der Waals surface area contributed by atoms with Gasteiger partial charge in [-0.05, 0) is 42.0 Å². The second kappa shape index (κ2) is 8.17. The van der Waals surface area contributed by atoms with Crippen molar-refractivity contribution in [2.75, 3.05) is 0 Å². The molecule has 0 N–H and O–H groups in total. The fraction of sp³-hybridized carbons (Fsp3) is 0. The van der Waals surface area contributed by atoms with Crippen LogP contribution < -0.4 is 9.47 Å². The van der Waals surface area contributed by atoms with E-state index in [-0.39, 0.29) is 17.3 Å². The van der Waals surface area contributed by atoms with E-state index in [0.717, 1.165) is 5.56 Å². The maximum Gasteiger partial charge on any atom is 0.343 e. The molecular formula is C24H15ClO4. The number of ketones is 1. The Kier molecular flexibility index (Phi) is 5.27. The number of allylic oxidation sites excluding steroid dienone is 3. The van der Waals surface area contributed by atoms with Crippen molar-refractivity contribution in [1.29, 1.82) is 0 Å². The lowest BCUT2D eigenvalue weighted by atomic mass is 10.1. The zero-order valence-corrected chi connectivity index (χ0v) is 15.9. The Balaban J connectivity index is 1.49. The third-order valence-electron chi connectivity index (χ3n) is 4.25. The largest absolute Gasteiger partial charge is 0.452 e. The summed E-state index contributed by atoms with van der Waals surface area (Å²) in [6.45, 7) is 0. The molecule has 3 aromatic carbocycles. The van der Waals surface area contributed by atoms with E-state index >= 15 is 0 Å². The van der Waals surface area contributed by atoms with E-state index in [1.54, 1.807) is 42.5 Å². The first-order chi connectivity index (χ1) is 14.1. The van der Waals surface area contributed by atoms with Gasteiger partial charge in [0.2, 0.25) is 5.78 Å². The number of ether oxygens (including phenoxy) is 2. The van der Waals surface area contributed by atoms with Crippen molar-refractivity contribution in [3.05, 3.63) is 112 Å². The Morgan fingerprint density at radius 1 is 0.966 bits per heavy atom. The molecule has 0 aromatic heterocycles. The molecule has 0 spiro atoms.